The summed E-state index contributed by atoms with van der Waals surface area (Å²) in [4.78, 5) is 17.4. The monoisotopic (exact) mass is 409 g/mol. The van der Waals surface area contributed by atoms with Gasteiger partial charge in [-0.05, 0) is 36.8 Å². The van der Waals surface area contributed by atoms with E-state index in [0.29, 0.717) is 24.5 Å². The van der Waals surface area contributed by atoms with Crippen molar-refractivity contribution < 1.29 is 13.9 Å². The minimum Gasteiger partial charge on any atom is -0.492 e. The van der Waals surface area contributed by atoms with Gasteiger partial charge >= 0.3 is 0 Å². The Morgan fingerprint density at radius 3 is 2.79 bits per heavy atom. The molecule has 0 bridgehead atoms. The van der Waals surface area contributed by atoms with E-state index in [1.807, 2.05) is 37.7 Å². The number of carbonyl (C=O) groups is 1. The zero-order chi connectivity index (χ0) is 20.5. The number of ether oxygens (including phenoxy) is 1. The molecule has 0 saturated heterocycles. The molecule has 7 heteroatoms. The minimum atomic E-state index is -0.357. The molecule has 0 radical (unpaired) electrons. The van der Waals surface area contributed by atoms with Gasteiger partial charge in [-0.25, -0.2) is 9.37 Å². The number of hydrogen-bond acceptors (Lipinski definition) is 5. The van der Waals surface area contributed by atoms with Crippen molar-refractivity contribution in [1.82, 2.24) is 14.8 Å². The fourth-order valence-corrected chi connectivity index (χ4v) is 4.13. The number of halogens is 1. The highest BCUT2D eigenvalue weighted by molar-refractivity contribution is 7.09. The molecule has 4 rings (SSSR count). The number of ketones is 1. The number of fused-ring (bicyclic) bond motifs is 1. The molecule has 0 atom stereocenters. The van der Waals surface area contributed by atoms with Crippen LogP contribution in [-0.2, 0) is 13.5 Å². The zero-order valence-corrected chi connectivity index (χ0v) is 17.2. The maximum Gasteiger partial charge on any atom is 0.180 e. The number of nitrogens with zero attached hydrogens (tertiary/aromatic N) is 3. The Balaban J connectivity index is 1.68. The second kappa shape index (κ2) is 7.75. The first kappa shape index (κ1) is 19.3. The van der Waals surface area contributed by atoms with E-state index in [1.54, 1.807) is 22.1 Å². The van der Waals surface area contributed by atoms with Crippen LogP contribution in [0.25, 0.3) is 22.0 Å². The average molecular weight is 409 g/mol. The number of benzene rings is 2. The molecule has 5 nitrogen and oxygen atoms in total. The fourth-order valence-electron chi connectivity index (χ4n) is 3.37. The van der Waals surface area contributed by atoms with Gasteiger partial charge < -0.3 is 4.74 Å². The molecular formula is C22H20FN3O2S. The lowest BCUT2D eigenvalue weighted by Gasteiger charge is -2.12. The van der Waals surface area contributed by atoms with Gasteiger partial charge in [-0.3, -0.25) is 9.48 Å². The van der Waals surface area contributed by atoms with E-state index in [4.69, 9.17) is 4.74 Å². The van der Waals surface area contributed by atoms with Gasteiger partial charge in [0, 0.05) is 42.3 Å². The van der Waals surface area contributed by atoms with Crippen molar-refractivity contribution in [1.29, 1.82) is 0 Å². The van der Waals surface area contributed by atoms with E-state index in [1.165, 1.54) is 19.1 Å². The second-order valence-corrected chi connectivity index (χ2v) is 7.80. The number of thiazole rings is 1. The molecule has 0 unspecified atom stereocenters. The average Bonchev–Trinajstić information content (AvgIpc) is 3.25. The summed E-state index contributed by atoms with van der Waals surface area (Å²) in [6.45, 7) is 3.89. The van der Waals surface area contributed by atoms with Gasteiger partial charge in [-0.15, -0.1) is 11.3 Å². The Morgan fingerprint density at radius 2 is 2.07 bits per heavy atom. The second-order valence-electron chi connectivity index (χ2n) is 6.86. The van der Waals surface area contributed by atoms with Gasteiger partial charge in [0.1, 0.15) is 17.3 Å². The lowest BCUT2D eigenvalue weighted by molar-refractivity contribution is 0.101. The largest absolute Gasteiger partial charge is 0.492 e. The van der Waals surface area contributed by atoms with Gasteiger partial charge in [0.2, 0.25) is 0 Å². The molecule has 148 valence electrons. The molecular weight excluding hydrogens is 389 g/mol. The third-order valence-electron chi connectivity index (χ3n) is 4.87. The predicted octanol–water partition coefficient (Wildman–Crippen LogP) is 4.97. The highest BCUT2D eigenvalue weighted by atomic mass is 32.1. The van der Waals surface area contributed by atoms with Crippen LogP contribution in [0.3, 0.4) is 0 Å². The van der Waals surface area contributed by atoms with Crippen molar-refractivity contribution in [2.45, 2.75) is 20.3 Å². The van der Waals surface area contributed by atoms with Crippen LogP contribution in [0.5, 0.6) is 5.75 Å². The minimum absolute atomic E-state index is 0.0942. The number of hydrogen-bond donors (Lipinski definition) is 0. The van der Waals surface area contributed by atoms with Crippen LogP contribution in [0, 0.1) is 12.7 Å². The van der Waals surface area contributed by atoms with Crippen LogP contribution in [0.1, 0.15) is 28.0 Å². The lowest BCUT2D eigenvalue weighted by atomic mass is 10.0. The third-order valence-corrected chi connectivity index (χ3v) is 5.86. The van der Waals surface area contributed by atoms with E-state index >= 15 is 0 Å². The molecule has 29 heavy (non-hydrogen) atoms. The van der Waals surface area contributed by atoms with Crippen LogP contribution < -0.4 is 4.74 Å². The van der Waals surface area contributed by atoms with Crippen LogP contribution in [0.4, 0.5) is 4.39 Å². The Labute approximate surface area is 171 Å². The summed E-state index contributed by atoms with van der Waals surface area (Å²) >= 11 is 1.59. The van der Waals surface area contributed by atoms with Gasteiger partial charge in [0.15, 0.2) is 5.78 Å². The quantitative estimate of drug-likeness (QED) is 0.422. The van der Waals surface area contributed by atoms with Gasteiger partial charge in [-0.2, -0.15) is 5.10 Å². The SMILES string of the molecule is CC(=O)c1nn(C)c2ccc(-c3ccc(F)cc3OCCc3scnc3C)cc12. The predicted molar refractivity (Wildman–Crippen MR) is 112 cm³/mol. The van der Waals surface area contributed by atoms with E-state index in [9.17, 15) is 9.18 Å². The van der Waals surface area contributed by atoms with Crippen molar-refractivity contribution >= 4 is 28.0 Å². The summed E-state index contributed by atoms with van der Waals surface area (Å²) in [5, 5.41) is 5.09. The molecule has 0 fully saturated rings. The maximum absolute atomic E-state index is 13.9. The molecule has 0 N–H and O–H groups in total. The third kappa shape index (κ3) is 3.78. The van der Waals surface area contributed by atoms with Crippen molar-refractivity contribution in [2.24, 2.45) is 7.05 Å². The molecule has 2 aromatic carbocycles. The van der Waals surface area contributed by atoms with Gasteiger partial charge in [0.05, 0.1) is 23.3 Å². The summed E-state index contributed by atoms with van der Waals surface area (Å²) in [6, 6.07) is 10.3. The van der Waals surface area contributed by atoms with Crippen molar-refractivity contribution in [2.75, 3.05) is 6.61 Å². The van der Waals surface area contributed by atoms with Crippen LogP contribution >= 0.6 is 11.3 Å². The molecule has 0 saturated carbocycles. The highest BCUT2D eigenvalue weighted by Crippen LogP contribution is 2.34. The molecule has 0 amide bonds. The number of aryl methyl sites for hydroxylation is 2. The zero-order valence-electron chi connectivity index (χ0n) is 16.4. The van der Waals surface area contributed by atoms with Crippen molar-refractivity contribution in [3.05, 3.63) is 64.0 Å². The molecule has 4 aromatic rings. The smallest absolute Gasteiger partial charge is 0.180 e. The Morgan fingerprint density at radius 1 is 1.24 bits per heavy atom. The molecule has 0 aliphatic rings. The maximum atomic E-state index is 13.9. The van der Waals surface area contributed by atoms with Gasteiger partial charge in [-0.1, -0.05) is 6.07 Å². The Bertz CT molecular complexity index is 1210. The highest BCUT2D eigenvalue weighted by Gasteiger charge is 2.15. The topological polar surface area (TPSA) is 57.0 Å². The first-order chi connectivity index (χ1) is 13.9. The summed E-state index contributed by atoms with van der Waals surface area (Å²) in [5.74, 6) is 0.0210. The number of aromatic nitrogens is 3. The molecule has 0 spiro atoms. The Hall–Kier alpha value is -3.06. The fraction of sp³-hybridized carbons (Fsp3) is 0.227. The number of rotatable bonds is 6. The number of Topliss-reactive ketones (excluding diaryl/α,β-unsaturated/α-hetero) is 1. The normalized spacial score (nSPS) is 11.2. The van der Waals surface area contributed by atoms with E-state index in [-0.39, 0.29) is 11.6 Å². The molecule has 2 aromatic heterocycles. The van der Waals surface area contributed by atoms with Crippen molar-refractivity contribution in [3.8, 4) is 16.9 Å². The molecule has 2 heterocycles. The van der Waals surface area contributed by atoms with Crippen LogP contribution in [0.2, 0.25) is 0 Å². The Kier molecular flexibility index (Phi) is 5.15. The lowest BCUT2D eigenvalue weighted by Crippen LogP contribution is -2.03. The van der Waals surface area contributed by atoms with E-state index < -0.39 is 0 Å². The first-order valence-corrected chi connectivity index (χ1v) is 10.1. The summed E-state index contributed by atoms with van der Waals surface area (Å²) in [5.41, 5.74) is 5.72. The van der Waals surface area contributed by atoms with E-state index in [2.05, 4.69) is 10.1 Å². The summed E-state index contributed by atoms with van der Waals surface area (Å²) in [7, 11) is 1.81. The molecule has 0 aliphatic heterocycles. The summed E-state index contributed by atoms with van der Waals surface area (Å²) in [6.07, 6.45) is 0.711. The van der Waals surface area contributed by atoms with Gasteiger partial charge in [0.25, 0.3) is 0 Å². The summed E-state index contributed by atoms with van der Waals surface area (Å²) < 4.78 is 21.5. The van der Waals surface area contributed by atoms with E-state index in [0.717, 1.165) is 32.6 Å². The molecule has 0 aliphatic carbocycles. The van der Waals surface area contributed by atoms with Crippen molar-refractivity contribution in [3.63, 3.8) is 0 Å². The number of carbonyl (C=O) groups excluding carboxylic acids is 1. The standard InChI is InChI=1S/C22H20FN3O2S/c1-13-21(29-12-24-13)8-9-28-20-11-16(23)5-6-17(20)15-4-7-19-18(10-15)22(14(2)27)25-26(19)3/h4-7,10-12H,8-9H2,1-3H3. The first-order valence-electron chi connectivity index (χ1n) is 9.23. The van der Waals surface area contributed by atoms with Crippen LogP contribution in [-0.4, -0.2) is 27.2 Å². The van der Waals surface area contributed by atoms with Crippen LogP contribution in [0.15, 0.2) is 41.9 Å².